The van der Waals surface area contributed by atoms with Crippen molar-refractivity contribution in [2.75, 3.05) is 6.61 Å². The lowest BCUT2D eigenvalue weighted by Gasteiger charge is -2.38. The molecular formula is C14H19ClN2O2. The van der Waals surface area contributed by atoms with Gasteiger partial charge in [-0.05, 0) is 43.7 Å². The van der Waals surface area contributed by atoms with E-state index in [9.17, 15) is 9.90 Å². The Bertz CT molecular complexity index is 457. The van der Waals surface area contributed by atoms with Gasteiger partial charge < -0.3 is 10.4 Å². The van der Waals surface area contributed by atoms with Gasteiger partial charge in [-0.15, -0.1) is 0 Å². The minimum Gasteiger partial charge on any atom is -0.394 e. The summed E-state index contributed by atoms with van der Waals surface area (Å²) in [7, 11) is 0. The highest BCUT2D eigenvalue weighted by molar-refractivity contribution is 6.29. The van der Waals surface area contributed by atoms with Gasteiger partial charge in [0.1, 0.15) is 10.8 Å². The Morgan fingerprint density at radius 1 is 1.53 bits per heavy atom. The Kier molecular flexibility index (Phi) is 4.42. The van der Waals surface area contributed by atoms with Crippen LogP contribution in [0.3, 0.4) is 0 Å². The topological polar surface area (TPSA) is 62.2 Å². The molecule has 104 valence electrons. The maximum Gasteiger partial charge on any atom is 0.270 e. The zero-order valence-corrected chi connectivity index (χ0v) is 11.8. The van der Waals surface area contributed by atoms with Crippen molar-refractivity contribution in [1.82, 2.24) is 10.3 Å². The zero-order chi connectivity index (χ0) is 13.9. The molecule has 19 heavy (non-hydrogen) atoms. The van der Waals surface area contributed by atoms with Gasteiger partial charge in [-0.3, -0.25) is 4.79 Å². The molecule has 0 aromatic carbocycles. The van der Waals surface area contributed by atoms with Gasteiger partial charge in [0.15, 0.2) is 0 Å². The summed E-state index contributed by atoms with van der Waals surface area (Å²) in [5, 5.41) is 12.8. The number of hydrogen-bond donors (Lipinski definition) is 2. The lowest BCUT2D eigenvalue weighted by Crippen LogP contribution is -2.53. The maximum atomic E-state index is 12.2. The van der Waals surface area contributed by atoms with Crippen LogP contribution in [0, 0.1) is 5.92 Å². The van der Waals surface area contributed by atoms with Gasteiger partial charge in [0.05, 0.1) is 12.1 Å². The first-order chi connectivity index (χ1) is 9.04. The number of aliphatic hydroxyl groups excluding tert-OH is 1. The van der Waals surface area contributed by atoms with Crippen molar-refractivity contribution < 1.29 is 9.90 Å². The minimum atomic E-state index is -0.506. The molecule has 1 aliphatic rings. The summed E-state index contributed by atoms with van der Waals surface area (Å²) in [5.74, 6) is 0.381. The van der Waals surface area contributed by atoms with Crippen LogP contribution in [-0.2, 0) is 0 Å². The van der Waals surface area contributed by atoms with Crippen molar-refractivity contribution >= 4 is 17.5 Å². The molecule has 1 aliphatic carbocycles. The number of nitrogens with one attached hydrogen (secondary N) is 1. The van der Waals surface area contributed by atoms with Crippen LogP contribution in [0.5, 0.6) is 0 Å². The van der Waals surface area contributed by atoms with Crippen molar-refractivity contribution in [2.45, 2.75) is 38.1 Å². The summed E-state index contributed by atoms with van der Waals surface area (Å²) in [6, 6.07) is 4.94. The molecule has 1 amide bonds. The highest BCUT2D eigenvalue weighted by atomic mass is 35.5. The van der Waals surface area contributed by atoms with Crippen molar-refractivity contribution in [3.05, 3.63) is 29.0 Å². The molecule has 1 fully saturated rings. The van der Waals surface area contributed by atoms with Crippen LogP contribution >= 0.6 is 11.6 Å². The van der Waals surface area contributed by atoms with E-state index in [1.807, 2.05) is 0 Å². The monoisotopic (exact) mass is 282 g/mol. The number of aromatic nitrogens is 1. The lowest BCUT2D eigenvalue weighted by molar-refractivity contribution is 0.0712. The standard InChI is InChI=1S/C14H19ClN2O2/c1-10-5-7-14(9-18,8-6-10)17-13(19)11-3-2-4-12(15)16-11/h2-4,10,18H,5-9H2,1H3,(H,17,19). The molecule has 0 unspecified atom stereocenters. The van der Waals surface area contributed by atoms with Crippen molar-refractivity contribution in [2.24, 2.45) is 5.92 Å². The number of rotatable bonds is 3. The van der Waals surface area contributed by atoms with Crippen LogP contribution in [0.2, 0.25) is 5.15 Å². The first-order valence-corrected chi connectivity index (χ1v) is 6.98. The van der Waals surface area contributed by atoms with Crippen LogP contribution in [0.4, 0.5) is 0 Å². The molecule has 5 heteroatoms. The van der Waals surface area contributed by atoms with Gasteiger partial charge in [0.25, 0.3) is 5.91 Å². The smallest absolute Gasteiger partial charge is 0.270 e. The number of nitrogens with zero attached hydrogens (tertiary/aromatic N) is 1. The summed E-state index contributed by atoms with van der Waals surface area (Å²) < 4.78 is 0. The van der Waals surface area contributed by atoms with E-state index in [0.717, 1.165) is 25.7 Å². The second-order valence-electron chi connectivity index (χ2n) is 5.42. The van der Waals surface area contributed by atoms with E-state index in [2.05, 4.69) is 17.2 Å². The molecular weight excluding hydrogens is 264 g/mol. The Balaban J connectivity index is 2.08. The lowest BCUT2D eigenvalue weighted by atomic mass is 9.77. The minimum absolute atomic E-state index is 0.0357. The summed E-state index contributed by atoms with van der Waals surface area (Å²) in [6.45, 7) is 2.16. The molecule has 2 N–H and O–H groups in total. The Hall–Kier alpha value is -1.13. The van der Waals surface area contributed by atoms with Gasteiger partial charge >= 0.3 is 0 Å². The number of carbonyl (C=O) groups excluding carboxylic acids is 1. The van der Waals surface area contributed by atoms with E-state index in [4.69, 9.17) is 11.6 Å². The van der Waals surface area contributed by atoms with E-state index in [1.54, 1.807) is 18.2 Å². The van der Waals surface area contributed by atoms with E-state index in [0.29, 0.717) is 16.8 Å². The van der Waals surface area contributed by atoms with Crippen LogP contribution in [0.1, 0.15) is 43.1 Å². The van der Waals surface area contributed by atoms with Gasteiger partial charge in [-0.25, -0.2) is 4.98 Å². The Morgan fingerprint density at radius 3 is 2.79 bits per heavy atom. The number of halogens is 1. The Labute approximate surface area is 118 Å². The highest BCUT2D eigenvalue weighted by Crippen LogP contribution is 2.31. The van der Waals surface area contributed by atoms with Crippen LogP contribution in [-0.4, -0.2) is 28.1 Å². The average Bonchev–Trinajstić information content (AvgIpc) is 2.42. The van der Waals surface area contributed by atoms with Crippen molar-refractivity contribution in [3.63, 3.8) is 0 Å². The fourth-order valence-corrected chi connectivity index (χ4v) is 2.64. The second-order valence-corrected chi connectivity index (χ2v) is 5.81. The predicted molar refractivity (Wildman–Crippen MR) is 74.2 cm³/mol. The van der Waals surface area contributed by atoms with Crippen LogP contribution in [0.25, 0.3) is 0 Å². The molecule has 0 radical (unpaired) electrons. The Morgan fingerprint density at radius 2 is 2.21 bits per heavy atom. The molecule has 1 aromatic heterocycles. The molecule has 4 nitrogen and oxygen atoms in total. The first-order valence-electron chi connectivity index (χ1n) is 6.61. The average molecular weight is 283 g/mol. The van der Waals surface area contributed by atoms with Crippen molar-refractivity contribution in [3.8, 4) is 0 Å². The summed E-state index contributed by atoms with van der Waals surface area (Å²) in [5.41, 5.74) is -0.216. The molecule has 0 atom stereocenters. The summed E-state index contributed by atoms with van der Waals surface area (Å²) in [6.07, 6.45) is 3.64. The largest absolute Gasteiger partial charge is 0.394 e. The fourth-order valence-electron chi connectivity index (χ4n) is 2.48. The van der Waals surface area contributed by atoms with E-state index in [-0.39, 0.29) is 12.5 Å². The number of hydrogen-bond acceptors (Lipinski definition) is 3. The maximum absolute atomic E-state index is 12.2. The van der Waals surface area contributed by atoms with Gasteiger partial charge in [-0.2, -0.15) is 0 Å². The molecule has 0 bridgehead atoms. The third-order valence-electron chi connectivity index (χ3n) is 3.86. The molecule has 1 saturated carbocycles. The molecule has 1 aromatic rings. The number of amides is 1. The van der Waals surface area contributed by atoms with E-state index < -0.39 is 5.54 Å². The molecule has 0 aliphatic heterocycles. The van der Waals surface area contributed by atoms with E-state index in [1.165, 1.54) is 0 Å². The molecule has 2 rings (SSSR count). The normalized spacial score (nSPS) is 27.0. The SMILES string of the molecule is CC1CCC(CO)(NC(=O)c2cccc(Cl)n2)CC1. The van der Waals surface area contributed by atoms with E-state index >= 15 is 0 Å². The van der Waals surface area contributed by atoms with Crippen LogP contribution in [0.15, 0.2) is 18.2 Å². The quantitative estimate of drug-likeness (QED) is 0.837. The summed E-state index contributed by atoms with van der Waals surface area (Å²) in [4.78, 5) is 16.2. The van der Waals surface area contributed by atoms with Gasteiger partial charge in [-0.1, -0.05) is 24.6 Å². The highest BCUT2D eigenvalue weighted by Gasteiger charge is 2.35. The number of carbonyl (C=O) groups is 1. The fraction of sp³-hybridized carbons (Fsp3) is 0.571. The molecule has 0 saturated heterocycles. The van der Waals surface area contributed by atoms with Gasteiger partial charge in [0.2, 0.25) is 0 Å². The zero-order valence-electron chi connectivity index (χ0n) is 11.0. The first kappa shape index (κ1) is 14.3. The second kappa shape index (κ2) is 5.88. The third-order valence-corrected chi connectivity index (χ3v) is 4.07. The molecule has 1 heterocycles. The van der Waals surface area contributed by atoms with Gasteiger partial charge in [0, 0.05) is 0 Å². The number of pyridine rings is 1. The predicted octanol–water partition coefficient (Wildman–Crippen LogP) is 2.41. The molecule has 0 spiro atoms. The van der Waals surface area contributed by atoms with Crippen LogP contribution < -0.4 is 5.32 Å². The number of aliphatic hydroxyl groups is 1. The summed E-state index contributed by atoms with van der Waals surface area (Å²) >= 11 is 5.78. The third kappa shape index (κ3) is 3.45. The van der Waals surface area contributed by atoms with Crippen molar-refractivity contribution in [1.29, 1.82) is 0 Å².